The van der Waals surface area contributed by atoms with Crippen LogP contribution >= 0.6 is 0 Å². The average molecular weight is 327 g/mol. The average Bonchev–Trinajstić information content (AvgIpc) is 3.13. The molecule has 1 aromatic carbocycles. The van der Waals surface area contributed by atoms with E-state index in [2.05, 4.69) is 5.32 Å². The van der Waals surface area contributed by atoms with Gasteiger partial charge in [0.25, 0.3) is 0 Å². The smallest absolute Gasteiger partial charge is 0.422 e. The van der Waals surface area contributed by atoms with Crippen molar-refractivity contribution in [3.63, 3.8) is 0 Å². The van der Waals surface area contributed by atoms with Crippen molar-refractivity contribution in [1.29, 1.82) is 0 Å². The van der Waals surface area contributed by atoms with Crippen LogP contribution < -0.4 is 10.1 Å². The second-order valence-corrected chi connectivity index (χ2v) is 6.55. The molecule has 0 heterocycles. The standard InChI is InChI=1S/C17H20F3NO2/c18-17(19,20)10-23-14-3-1-2-12(7-14)9-21-16(22)15-8-11-4-5-13(15)6-11/h1-3,7,11,13,15H,4-6,8-10H2,(H,21,22). The SMILES string of the molecule is O=C(NCc1cccc(OCC(F)(F)F)c1)C1CC2CCC1C2. The maximum Gasteiger partial charge on any atom is 0.422 e. The number of ether oxygens (including phenoxy) is 1. The number of alkyl halides is 3. The monoisotopic (exact) mass is 327 g/mol. The number of fused-ring (bicyclic) bond motifs is 2. The number of carbonyl (C=O) groups is 1. The molecule has 1 aromatic rings. The first kappa shape index (κ1) is 16.1. The largest absolute Gasteiger partial charge is 0.484 e. The first-order valence-electron chi connectivity index (χ1n) is 7.97. The molecule has 2 bridgehead atoms. The van der Waals surface area contributed by atoms with E-state index in [0.29, 0.717) is 18.4 Å². The van der Waals surface area contributed by atoms with Crippen LogP contribution in [0.4, 0.5) is 13.2 Å². The molecule has 0 radical (unpaired) electrons. The number of nitrogens with one attached hydrogen (secondary N) is 1. The fraction of sp³-hybridized carbons (Fsp3) is 0.588. The summed E-state index contributed by atoms with van der Waals surface area (Å²) in [7, 11) is 0. The number of halogens is 3. The van der Waals surface area contributed by atoms with Crippen LogP contribution in [0.3, 0.4) is 0 Å². The predicted octanol–water partition coefficient (Wildman–Crippen LogP) is 3.68. The summed E-state index contributed by atoms with van der Waals surface area (Å²) in [4.78, 5) is 12.3. The third-order valence-electron chi connectivity index (χ3n) is 4.84. The van der Waals surface area contributed by atoms with Gasteiger partial charge in [-0.25, -0.2) is 0 Å². The van der Waals surface area contributed by atoms with E-state index in [1.165, 1.54) is 25.0 Å². The number of carbonyl (C=O) groups excluding carboxylic acids is 1. The molecule has 6 heteroatoms. The Kier molecular flexibility index (Phi) is 4.50. The van der Waals surface area contributed by atoms with Crippen LogP contribution in [0.25, 0.3) is 0 Å². The van der Waals surface area contributed by atoms with Crippen LogP contribution in [0.1, 0.15) is 31.2 Å². The van der Waals surface area contributed by atoms with Gasteiger partial charge in [-0.15, -0.1) is 0 Å². The molecule has 2 fully saturated rings. The Morgan fingerprint density at radius 3 is 2.74 bits per heavy atom. The summed E-state index contributed by atoms with van der Waals surface area (Å²) in [5.41, 5.74) is 0.737. The summed E-state index contributed by atoms with van der Waals surface area (Å²) >= 11 is 0. The third kappa shape index (κ3) is 4.18. The lowest BCUT2D eigenvalue weighted by atomic mass is 9.88. The van der Waals surface area contributed by atoms with Gasteiger partial charge in [0.15, 0.2) is 6.61 Å². The van der Waals surface area contributed by atoms with E-state index in [4.69, 9.17) is 4.74 Å². The van der Waals surface area contributed by atoms with E-state index in [1.54, 1.807) is 12.1 Å². The van der Waals surface area contributed by atoms with E-state index in [9.17, 15) is 18.0 Å². The maximum absolute atomic E-state index is 12.3. The molecule has 0 aromatic heterocycles. The van der Waals surface area contributed by atoms with Crippen molar-refractivity contribution < 1.29 is 22.7 Å². The molecule has 3 nitrogen and oxygen atoms in total. The molecular weight excluding hydrogens is 307 g/mol. The molecule has 3 atom stereocenters. The molecule has 2 aliphatic carbocycles. The first-order valence-corrected chi connectivity index (χ1v) is 7.97. The molecule has 1 amide bonds. The molecule has 3 rings (SSSR count). The van der Waals surface area contributed by atoms with Gasteiger partial charge in [0.05, 0.1) is 0 Å². The Bertz CT molecular complexity index is 573. The minimum absolute atomic E-state index is 0.0683. The Labute approximate surface area is 133 Å². The summed E-state index contributed by atoms with van der Waals surface area (Å²) in [6, 6.07) is 6.41. The van der Waals surface area contributed by atoms with E-state index in [-0.39, 0.29) is 17.6 Å². The van der Waals surface area contributed by atoms with Gasteiger partial charge in [0.2, 0.25) is 5.91 Å². The zero-order chi connectivity index (χ0) is 16.4. The van der Waals surface area contributed by atoms with E-state index < -0.39 is 12.8 Å². The second-order valence-electron chi connectivity index (χ2n) is 6.55. The molecule has 0 saturated heterocycles. The van der Waals surface area contributed by atoms with Gasteiger partial charge in [0.1, 0.15) is 5.75 Å². The summed E-state index contributed by atoms with van der Waals surface area (Å²) in [5, 5.41) is 2.91. The quantitative estimate of drug-likeness (QED) is 0.896. The van der Waals surface area contributed by atoms with Gasteiger partial charge in [-0.3, -0.25) is 4.79 Å². The van der Waals surface area contributed by atoms with E-state index in [0.717, 1.165) is 18.4 Å². The lowest BCUT2D eigenvalue weighted by Crippen LogP contribution is -2.33. The van der Waals surface area contributed by atoms with Gasteiger partial charge >= 0.3 is 6.18 Å². The number of hydrogen-bond donors (Lipinski definition) is 1. The fourth-order valence-corrected chi connectivity index (χ4v) is 3.80. The molecular formula is C17H20F3NO2. The summed E-state index contributed by atoms with van der Waals surface area (Å²) < 4.78 is 41.2. The molecule has 0 spiro atoms. The molecule has 126 valence electrons. The third-order valence-corrected chi connectivity index (χ3v) is 4.84. The lowest BCUT2D eigenvalue weighted by molar-refractivity contribution is -0.153. The summed E-state index contributed by atoms with van der Waals surface area (Å²) in [6.45, 7) is -0.996. The van der Waals surface area contributed by atoms with Crippen LogP contribution in [-0.4, -0.2) is 18.7 Å². The Morgan fingerprint density at radius 2 is 2.09 bits per heavy atom. The van der Waals surface area contributed by atoms with Crippen LogP contribution in [0, 0.1) is 17.8 Å². The molecule has 1 N–H and O–H groups in total. The zero-order valence-electron chi connectivity index (χ0n) is 12.7. The maximum atomic E-state index is 12.3. The van der Waals surface area contributed by atoms with E-state index >= 15 is 0 Å². The van der Waals surface area contributed by atoms with Crippen molar-refractivity contribution in [2.24, 2.45) is 17.8 Å². The number of rotatable bonds is 5. The van der Waals surface area contributed by atoms with Gasteiger partial charge in [-0.2, -0.15) is 13.2 Å². The van der Waals surface area contributed by atoms with Crippen molar-refractivity contribution in [2.75, 3.05) is 6.61 Å². The van der Waals surface area contributed by atoms with Gasteiger partial charge in [0, 0.05) is 12.5 Å². The van der Waals surface area contributed by atoms with E-state index in [1.807, 2.05) is 0 Å². The first-order chi connectivity index (χ1) is 10.9. The highest BCUT2D eigenvalue weighted by Gasteiger charge is 2.42. The number of benzene rings is 1. The normalized spacial score (nSPS) is 26.3. The van der Waals surface area contributed by atoms with Crippen LogP contribution in [-0.2, 0) is 11.3 Å². The zero-order valence-corrected chi connectivity index (χ0v) is 12.7. The Balaban J connectivity index is 1.51. The van der Waals surface area contributed by atoms with Crippen molar-refractivity contribution >= 4 is 5.91 Å². The van der Waals surface area contributed by atoms with Crippen molar-refractivity contribution in [2.45, 2.75) is 38.4 Å². The second kappa shape index (κ2) is 6.42. The Hall–Kier alpha value is -1.72. The highest BCUT2D eigenvalue weighted by molar-refractivity contribution is 5.79. The summed E-state index contributed by atoms with van der Waals surface area (Å²) in [5.74, 6) is 1.56. The number of hydrogen-bond acceptors (Lipinski definition) is 2. The highest BCUT2D eigenvalue weighted by atomic mass is 19.4. The molecule has 3 unspecified atom stereocenters. The topological polar surface area (TPSA) is 38.3 Å². The lowest BCUT2D eigenvalue weighted by Gasteiger charge is -2.20. The molecule has 0 aliphatic heterocycles. The van der Waals surface area contributed by atoms with Crippen LogP contribution in [0.15, 0.2) is 24.3 Å². The Morgan fingerprint density at radius 1 is 1.26 bits per heavy atom. The fourth-order valence-electron chi connectivity index (χ4n) is 3.80. The van der Waals surface area contributed by atoms with Gasteiger partial charge < -0.3 is 10.1 Å². The molecule has 2 aliphatic rings. The van der Waals surface area contributed by atoms with Crippen LogP contribution in [0.2, 0.25) is 0 Å². The minimum Gasteiger partial charge on any atom is -0.484 e. The highest BCUT2D eigenvalue weighted by Crippen LogP contribution is 2.48. The van der Waals surface area contributed by atoms with Gasteiger partial charge in [-0.1, -0.05) is 18.6 Å². The summed E-state index contributed by atoms with van der Waals surface area (Å²) in [6.07, 6.45) is 0.173. The minimum atomic E-state index is -4.36. The van der Waals surface area contributed by atoms with Crippen molar-refractivity contribution in [3.05, 3.63) is 29.8 Å². The number of amides is 1. The van der Waals surface area contributed by atoms with Gasteiger partial charge in [-0.05, 0) is 48.8 Å². The van der Waals surface area contributed by atoms with Crippen molar-refractivity contribution in [1.82, 2.24) is 5.32 Å². The predicted molar refractivity (Wildman–Crippen MR) is 78.8 cm³/mol. The molecule has 2 saturated carbocycles. The van der Waals surface area contributed by atoms with Crippen LogP contribution in [0.5, 0.6) is 5.75 Å². The molecule has 23 heavy (non-hydrogen) atoms. The van der Waals surface area contributed by atoms with Crippen molar-refractivity contribution in [3.8, 4) is 5.75 Å².